The molecule has 0 saturated heterocycles. The van der Waals surface area contributed by atoms with Crippen LogP contribution in [0.3, 0.4) is 0 Å². The van der Waals surface area contributed by atoms with Gasteiger partial charge in [-0.1, -0.05) is 162 Å². The number of pyridine rings is 1. The number of fused-ring (bicyclic) bond motifs is 1. The first-order valence-corrected chi connectivity index (χ1v) is 20.7. The van der Waals surface area contributed by atoms with Gasteiger partial charge in [0.25, 0.3) is 0 Å². The quantitative estimate of drug-likeness (QED) is 0.175. The van der Waals surface area contributed by atoms with Crippen molar-refractivity contribution in [3.8, 4) is 78.6 Å². The summed E-state index contributed by atoms with van der Waals surface area (Å²) in [5.74, 6) is 0.806. The van der Waals surface area contributed by atoms with Crippen molar-refractivity contribution in [3.05, 3.63) is 193 Å². The van der Waals surface area contributed by atoms with Gasteiger partial charge in [-0.15, -0.1) is 0 Å². The third kappa shape index (κ3) is 7.66. The Morgan fingerprint density at radius 2 is 1.23 bits per heavy atom. The van der Waals surface area contributed by atoms with Gasteiger partial charge in [-0.05, 0) is 111 Å². The summed E-state index contributed by atoms with van der Waals surface area (Å²) in [5.41, 5.74) is 13.3. The maximum absolute atomic E-state index is 12.5. The second-order valence-corrected chi connectivity index (χ2v) is 17.8. The summed E-state index contributed by atoms with van der Waals surface area (Å²) in [5, 5.41) is 12.5. The summed E-state index contributed by atoms with van der Waals surface area (Å²) in [6.45, 7) is 15.0. The summed E-state index contributed by atoms with van der Waals surface area (Å²) < 4.78 is 44.5. The minimum absolute atomic E-state index is 0.117. The zero-order valence-corrected chi connectivity index (χ0v) is 35.6. The van der Waals surface area contributed by atoms with Crippen molar-refractivity contribution >= 4 is 11.0 Å². The van der Waals surface area contributed by atoms with Crippen LogP contribution in [0.5, 0.6) is 5.75 Å². The van der Waals surface area contributed by atoms with E-state index in [2.05, 4.69) is 138 Å². The van der Waals surface area contributed by atoms with Gasteiger partial charge in [-0.25, -0.2) is 4.98 Å². The van der Waals surface area contributed by atoms with Crippen molar-refractivity contribution in [1.82, 2.24) is 14.5 Å². The molecular formula is C57H51N3O. The first-order valence-electron chi connectivity index (χ1n) is 23.2. The number of phenols is 1. The summed E-state index contributed by atoms with van der Waals surface area (Å²) in [4.78, 5) is 10.4. The highest BCUT2D eigenvalue weighted by atomic mass is 16.3. The number of phenolic OH excluding ortho intramolecular Hbond substituents is 1. The van der Waals surface area contributed by atoms with E-state index in [4.69, 9.17) is 16.8 Å². The number of aryl methyl sites for hydroxylation is 1. The minimum Gasteiger partial charge on any atom is -0.507 e. The number of hydrogen-bond acceptors (Lipinski definition) is 3. The SMILES string of the molecule is [2H]c1c([2H])c([2H])c(-c2ccnc(-c3cc(-c4ccccc4)cc(-c4cccc5c4nc(-c4cc(C(C)(C)C)cc(C(C)(C)C)c4O)n5-c4ccc(C)cc4-c4ccccc4)c3)c2)c([2H])c1[2H]. The van der Waals surface area contributed by atoms with Crippen LogP contribution in [0.4, 0.5) is 0 Å². The molecule has 7 aromatic carbocycles. The van der Waals surface area contributed by atoms with E-state index >= 15 is 0 Å². The van der Waals surface area contributed by atoms with Crippen molar-refractivity contribution in [2.24, 2.45) is 0 Å². The summed E-state index contributed by atoms with van der Waals surface area (Å²) in [7, 11) is 0. The van der Waals surface area contributed by atoms with Crippen molar-refractivity contribution in [1.29, 1.82) is 0 Å². The first kappa shape index (κ1) is 33.8. The van der Waals surface area contributed by atoms with Gasteiger partial charge in [0.2, 0.25) is 0 Å². The molecule has 0 saturated carbocycles. The van der Waals surface area contributed by atoms with E-state index in [0.29, 0.717) is 22.6 Å². The monoisotopic (exact) mass is 798 g/mol. The fourth-order valence-electron chi connectivity index (χ4n) is 8.13. The number of aromatic hydroxyl groups is 1. The highest BCUT2D eigenvalue weighted by Gasteiger charge is 2.29. The second kappa shape index (κ2) is 15.5. The van der Waals surface area contributed by atoms with Gasteiger partial charge >= 0.3 is 0 Å². The molecule has 0 aliphatic carbocycles. The number of nitrogens with zero attached hydrogens (tertiary/aromatic N) is 3. The number of rotatable bonds is 7. The van der Waals surface area contributed by atoms with E-state index in [0.717, 1.165) is 72.4 Å². The molecule has 61 heavy (non-hydrogen) atoms. The molecule has 0 amide bonds. The van der Waals surface area contributed by atoms with Gasteiger partial charge in [0.15, 0.2) is 0 Å². The van der Waals surface area contributed by atoms with Crippen LogP contribution in [-0.4, -0.2) is 19.6 Å². The molecule has 0 aliphatic rings. The molecule has 4 heteroatoms. The van der Waals surface area contributed by atoms with E-state index in [1.165, 1.54) is 0 Å². The third-order valence-corrected chi connectivity index (χ3v) is 11.4. The highest BCUT2D eigenvalue weighted by molar-refractivity contribution is 5.98. The van der Waals surface area contributed by atoms with Gasteiger partial charge in [0.1, 0.15) is 11.6 Å². The maximum Gasteiger partial charge on any atom is 0.149 e. The highest BCUT2D eigenvalue weighted by Crippen LogP contribution is 2.46. The van der Waals surface area contributed by atoms with Gasteiger partial charge in [0.05, 0.1) is 34.8 Å². The van der Waals surface area contributed by atoms with E-state index in [9.17, 15) is 5.11 Å². The van der Waals surface area contributed by atoms with Crippen LogP contribution in [-0.2, 0) is 10.8 Å². The first-order chi connectivity index (χ1) is 31.4. The number of aromatic nitrogens is 3. The smallest absolute Gasteiger partial charge is 0.149 e. The molecule has 1 N–H and O–H groups in total. The lowest BCUT2D eigenvalue weighted by Gasteiger charge is -2.27. The van der Waals surface area contributed by atoms with Crippen molar-refractivity contribution in [2.45, 2.75) is 59.3 Å². The summed E-state index contributed by atoms with van der Waals surface area (Å²) >= 11 is 0. The van der Waals surface area contributed by atoms with Crippen LogP contribution in [0.15, 0.2) is 176 Å². The van der Waals surface area contributed by atoms with Gasteiger partial charge in [0, 0.05) is 28.5 Å². The van der Waals surface area contributed by atoms with E-state index in [-0.39, 0.29) is 46.3 Å². The molecule has 0 spiro atoms. The fraction of sp³-hybridized carbons (Fsp3) is 0.158. The van der Waals surface area contributed by atoms with E-state index in [1.807, 2.05) is 42.5 Å². The fourth-order valence-corrected chi connectivity index (χ4v) is 8.13. The normalized spacial score (nSPS) is 13.1. The van der Waals surface area contributed by atoms with E-state index in [1.54, 1.807) is 18.3 Å². The standard InChI is InChI=1S/C57H51N3O/c1-37-26-27-51(47(30-37)40-22-15-10-16-23-40)60-52-25-17-24-46(53(52)59-55(60)48-35-45(56(2,3)4)36-49(54(48)61)57(5,6)7)43-31-42(39-20-13-9-14-21-39)32-44(33-43)50-34-41(28-29-58-50)38-18-11-8-12-19-38/h8-36,61H,1-7H3/i8D,11D,12D,18D,19D. The Bertz CT molecular complexity index is 3320. The molecule has 9 aromatic rings. The molecule has 4 nitrogen and oxygen atoms in total. The number of hydrogen-bond donors (Lipinski definition) is 1. The molecule has 0 aliphatic heterocycles. The molecule has 2 heterocycles. The Kier molecular flexibility index (Phi) is 8.59. The molecule has 2 aromatic heterocycles. The summed E-state index contributed by atoms with van der Waals surface area (Å²) in [6.07, 6.45) is 1.62. The predicted molar refractivity (Wildman–Crippen MR) is 255 cm³/mol. The minimum atomic E-state index is -0.437. The average Bonchev–Trinajstić information content (AvgIpc) is 3.69. The third-order valence-electron chi connectivity index (χ3n) is 11.4. The Labute approximate surface area is 366 Å². The van der Waals surface area contributed by atoms with Gasteiger partial charge in [-0.3, -0.25) is 9.55 Å². The molecule has 0 fully saturated rings. The molecule has 300 valence electrons. The van der Waals surface area contributed by atoms with Crippen LogP contribution in [0.1, 0.15) is 65.1 Å². The van der Waals surface area contributed by atoms with Crippen LogP contribution in [0.25, 0.3) is 83.9 Å². The summed E-state index contributed by atoms with van der Waals surface area (Å²) in [6, 6.07) is 45.4. The number of imidazole rings is 1. The van der Waals surface area contributed by atoms with Crippen molar-refractivity contribution in [2.75, 3.05) is 0 Å². The van der Waals surface area contributed by atoms with Gasteiger partial charge < -0.3 is 5.11 Å². The second-order valence-electron chi connectivity index (χ2n) is 17.8. The zero-order valence-electron chi connectivity index (χ0n) is 40.6. The Hall–Kier alpha value is -7.04. The molecule has 0 atom stereocenters. The topological polar surface area (TPSA) is 50.9 Å². The average molecular weight is 799 g/mol. The van der Waals surface area contributed by atoms with Crippen molar-refractivity contribution < 1.29 is 12.0 Å². The van der Waals surface area contributed by atoms with Crippen LogP contribution in [0.2, 0.25) is 0 Å². The Morgan fingerprint density at radius 3 is 1.93 bits per heavy atom. The zero-order chi connectivity index (χ0) is 46.8. The van der Waals surface area contributed by atoms with E-state index < -0.39 is 6.04 Å². The van der Waals surface area contributed by atoms with Crippen LogP contribution < -0.4 is 0 Å². The van der Waals surface area contributed by atoms with Crippen LogP contribution in [0, 0.1) is 6.92 Å². The number of benzene rings is 7. The maximum atomic E-state index is 12.5. The van der Waals surface area contributed by atoms with Gasteiger partial charge in [-0.2, -0.15) is 0 Å². The molecule has 0 radical (unpaired) electrons. The number of para-hydroxylation sites is 1. The lowest BCUT2D eigenvalue weighted by atomic mass is 9.79. The molecule has 0 bridgehead atoms. The lowest BCUT2D eigenvalue weighted by Crippen LogP contribution is -2.17. The Balaban J connectivity index is 1.35. The molecule has 0 unspecified atom stereocenters. The lowest BCUT2D eigenvalue weighted by molar-refractivity contribution is 0.446. The molecular weight excluding hydrogens is 743 g/mol. The largest absolute Gasteiger partial charge is 0.507 e. The predicted octanol–water partition coefficient (Wildman–Crippen LogP) is 15.0. The Morgan fingerprint density at radius 1 is 0.541 bits per heavy atom. The molecule has 9 rings (SSSR count). The van der Waals surface area contributed by atoms with Crippen molar-refractivity contribution in [3.63, 3.8) is 0 Å². The van der Waals surface area contributed by atoms with Crippen LogP contribution >= 0.6 is 0 Å².